The number of hydrogen-bond donors (Lipinski definition) is 0. The first-order chi connectivity index (χ1) is 8.79. The van der Waals surface area contributed by atoms with Gasteiger partial charge in [0.05, 0.1) is 17.4 Å². The maximum atomic E-state index is 5.40. The molecule has 0 atom stereocenters. The molecule has 2 heterocycles. The van der Waals surface area contributed by atoms with Crippen molar-refractivity contribution >= 4 is 22.1 Å². The maximum Gasteiger partial charge on any atom is 0.222 e. The van der Waals surface area contributed by atoms with E-state index in [0.717, 1.165) is 11.1 Å². The Hall–Kier alpha value is -1.87. The van der Waals surface area contributed by atoms with E-state index in [1.807, 2.05) is 12.1 Å². The molecule has 3 aromatic rings. The largest absolute Gasteiger partial charge is 0.496 e. The number of fused-ring (bicyclic) bond motifs is 1. The fraction of sp³-hybridized carbons (Fsp3) is 0.133. The average molecular weight is 256 g/mol. The zero-order valence-electron chi connectivity index (χ0n) is 10.4. The van der Waals surface area contributed by atoms with Crippen LogP contribution in [0.1, 0.15) is 0 Å². The molecule has 0 aliphatic carbocycles. The lowest BCUT2D eigenvalue weighted by atomic mass is 10.1. The predicted octanol–water partition coefficient (Wildman–Crippen LogP) is 3.40. The number of benzene rings is 1. The molecule has 3 heteroatoms. The Morgan fingerprint density at radius 1 is 1.17 bits per heavy atom. The van der Waals surface area contributed by atoms with E-state index in [0.29, 0.717) is 0 Å². The van der Waals surface area contributed by atoms with Crippen LogP contribution in [0.5, 0.6) is 5.75 Å². The van der Waals surface area contributed by atoms with Crippen molar-refractivity contribution in [1.82, 2.24) is 0 Å². The van der Waals surface area contributed by atoms with Gasteiger partial charge in [-0.3, -0.25) is 0 Å². The molecule has 0 saturated carbocycles. The third-order valence-corrected chi connectivity index (χ3v) is 3.98. The maximum absolute atomic E-state index is 5.40. The van der Waals surface area contributed by atoms with Crippen molar-refractivity contribution in [3.8, 4) is 16.3 Å². The van der Waals surface area contributed by atoms with Crippen molar-refractivity contribution in [1.29, 1.82) is 0 Å². The van der Waals surface area contributed by atoms with E-state index in [-0.39, 0.29) is 0 Å². The van der Waals surface area contributed by atoms with Crippen LogP contribution in [-0.4, -0.2) is 7.11 Å². The summed E-state index contributed by atoms with van der Waals surface area (Å²) in [4.78, 5) is 1.28. The Morgan fingerprint density at radius 3 is 2.78 bits per heavy atom. The van der Waals surface area contributed by atoms with Crippen molar-refractivity contribution in [2.24, 2.45) is 7.05 Å². The van der Waals surface area contributed by atoms with E-state index < -0.39 is 0 Å². The Bertz CT molecular complexity index is 689. The van der Waals surface area contributed by atoms with Gasteiger partial charge in [-0.1, -0.05) is 18.2 Å². The molecule has 0 N–H and O–H groups in total. The Kier molecular flexibility index (Phi) is 2.76. The minimum Gasteiger partial charge on any atom is -0.496 e. The van der Waals surface area contributed by atoms with E-state index in [2.05, 4.69) is 47.5 Å². The molecule has 0 radical (unpaired) electrons. The van der Waals surface area contributed by atoms with Crippen LogP contribution in [0, 0.1) is 0 Å². The highest BCUT2D eigenvalue weighted by molar-refractivity contribution is 7.13. The molecule has 0 bridgehead atoms. The van der Waals surface area contributed by atoms with Gasteiger partial charge in [0.15, 0.2) is 6.20 Å². The standard InChI is InChI=1S/C15H14NOS/c1-16-10-12-11(5-3-6-14(12)17-2)9-13(16)15-7-4-8-18-15/h3-10H,1-2H3/q+1. The van der Waals surface area contributed by atoms with Crippen LogP contribution in [-0.2, 0) is 7.05 Å². The van der Waals surface area contributed by atoms with Gasteiger partial charge in [0.2, 0.25) is 5.69 Å². The summed E-state index contributed by atoms with van der Waals surface area (Å²) in [6, 6.07) is 12.6. The van der Waals surface area contributed by atoms with Gasteiger partial charge in [0.1, 0.15) is 12.8 Å². The first-order valence-electron chi connectivity index (χ1n) is 5.80. The molecule has 0 aliphatic heterocycles. The lowest BCUT2D eigenvalue weighted by molar-refractivity contribution is -0.658. The zero-order chi connectivity index (χ0) is 12.5. The summed E-state index contributed by atoms with van der Waals surface area (Å²) in [6.45, 7) is 0. The van der Waals surface area contributed by atoms with Crippen LogP contribution < -0.4 is 9.30 Å². The average Bonchev–Trinajstić information content (AvgIpc) is 2.91. The van der Waals surface area contributed by atoms with E-state index in [1.165, 1.54) is 16.0 Å². The van der Waals surface area contributed by atoms with Gasteiger partial charge in [-0.05, 0) is 22.9 Å². The number of pyridine rings is 1. The summed E-state index contributed by atoms with van der Waals surface area (Å²) in [7, 11) is 3.78. The lowest BCUT2D eigenvalue weighted by Crippen LogP contribution is -2.30. The van der Waals surface area contributed by atoms with Crippen LogP contribution in [0.4, 0.5) is 0 Å². The second-order valence-corrected chi connectivity index (χ2v) is 5.16. The van der Waals surface area contributed by atoms with Gasteiger partial charge < -0.3 is 4.74 Å². The zero-order valence-corrected chi connectivity index (χ0v) is 11.2. The first kappa shape index (κ1) is 11.2. The quantitative estimate of drug-likeness (QED) is 0.640. The van der Waals surface area contributed by atoms with Crippen molar-refractivity contribution < 1.29 is 9.30 Å². The molecule has 1 aromatic carbocycles. The minimum absolute atomic E-state index is 0.917. The van der Waals surface area contributed by atoms with Crippen molar-refractivity contribution in [2.75, 3.05) is 7.11 Å². The van der Waals surface area contributed by atoms with Crippen LogP contribution in [0.3, 0.4) is 0 Å². The predicted molar refractivity (Wildman–Crippen MR) is 75.0 cm³/mol. The third kappa shape index (κ3) is 1.77. The molecule has 2 aromatic heterocycles. The molecule has 0 aliphatic rings. The van der Waals surface area contributed by atoms with E-state index in [9.17, 15) is 0 Å². The Morgan fingerprint density at radius 2 is 2.06 bits per heavy atom. The van der Waals surface area contributed by atoms with Crippen LogP contribution in [0.25, 0.3) is 21.3 Å². The van der Waals surface area contributed by atoms with Gasteiger partial charge in [-0.15, -0.1) is 11.3 Å². The molecule has 0 amide bonds. The summed E-state index contributed by atoms with van der Waals surface area (Å²) < 4.78 is 7.55. The number of aryl methyl sites for hydroxylation is 1. The summed E-state index contributed by atoms with van der Waals surface area (Å²) in [5.41, 5.74) is 1.23. The van der Waals surface area contributed by atoms with Gasteiger partial charge in [0.25, 0.3) is 0 Å². The fourth-order valence-corrected chi connectivity index (χ4v) is 2.97. The number of hydrogen-bond acceptors (Lipinski definition) is 2. The number of thiophene rings is 1. The number of methoxy groups -OCH3 is 1. The minimum atomic E-state index is 0.917. The monoisotopic (exact) mass is 256 g/mol. The Labute approximate surface area is 110 Å². The molecule has 0 fully saturated rings. The molecule has 2 nitrogen and oxygen atoms in total. The van der Waals surface area contributed by atoms with Gasteiger partial charge >= 0.3 is 0 Å². The highest BCUT2D eigenvalue weighted by Crippen LogP contribution is 2.28. The second-order valence-electron chi connectivity index (χ2n) is 4.21. The number of rotatable bonds is 2. The van der Waals surface area contributed by atoms with Gasteiger partial charge in [-0.2, -0.15) is 4.57 Å². The van der Waals surface area contributed by atoms with Gasteiger partial charge in [0, 0.05) is 6.07 Å². The molecular weight excluding hydrogens is 242 g/mol. The Balaban J connectivity index is 2.28. The van der Waals surface area contributed by atoms with E-state index in [1.54, 1.807) is 18.4 Å². The van der Waals surface area contributed by atoms with Crippen LogP contribution in [0.2, 0.25) is 0 Å². The summed E-state index contributed by atoms with van der Waals surface area (Å²) in [5, 5.41) is 4.45. The number of aromatic nitrogens is 1. The topological polar surface area (TPSA) is 13.1 Å². The lowest BCUT2D eigenvalue weighted by Gasteiger charge is -2.05. The number of nitrogens with zero attached hydrogens (tertiary/aromatic N) is 1. The van der Waals surface area contributed by atoms with Crippen molar-refractivity contribution in [3.05, 3.63) is 48.0 Å². The second kappa shape index (κ2) is 4.42. The molecule has 3 rings (SSSR count). The molecule has 0 saturated heterocycles. The van der Waals surface area contributed by atoms with Crippen LogP contribution in [0.15, 0.2) is 48.0 Å². The highest BCUT2D eigenvalue weighted by atomic mass is 32.1. The molecule has 90 valence electrons. The normalized spacial score (nSPS) is 10.8. The van der Waals surface area contributed by atoms with Gasteiger partial charge in [-0.25, -0.2) is 0 Å². The molecule has 18 heavy (non-hydrogen) atoms. The van der Waals surface area contributed by atoms with Crippen LogP contribution >= 0.6 is 11.3 Å². The number of ether oxygens (including phenoxy) is 1. The summed E-state index contributed by atoms with van der Waals surface area (Å²) in [5.74, 6) is 0.917. The summed E-state index contributed by atoms with van der Waals surface area (Å²) >= 11 is 1.76. The fourth-order valence-electron chi connectivity index (χ4n) is 2.18. The molecule has 0 spiro atoms. The van der Waals surface area contributed by atoms with E-state index >= 15 is 0 Å². The third-order valence-electron chi connectivity index (χ3n) is 3.09. The highest BCUT2D eigenvalue weighted by Gasteiger charge is 2.14. The molecular formula is C15H14NOS+. The summed E-state index contributed by atoms with van der Waals surface area (Å²) in [6.07, 6.45) is 2.13. The van der Waals surface area contributed by atoms with Crippen molar-refractivity contribution in [3.63, 3.8) is 0 Å². The molecule has 0 unspecified atom stereocenters. The SMILES string of the molecule is COc1cccc2cc(-c3cccs3)[n+](C)cc12. The smallest absolute Gasteiger partial charge is 0.222 e. The van der Waals surface area contributed by atoms with E-state index in [4.69, 9.17) is 4.74 Å². The first-order valence-corrected chi connectivity index (χ1v) is 6.68. The van der Waals surface area contributed by atoms with Crippen molar-refractivity contribution in [2.45, 2.75) is 0 Å².